The van der Waals surface area contributed by atoms with Crippen LogP contribution in [0, 0.1) is 0 Å². The summed E-state index contributed by atoms with van der Waals surface area (Å²) in [6.07, 6.45) is 0.949. The van der Waals surface area contributed by atoms with Crippen LogP contribution in [0.2, 0.25) is 5.15 Å². The molecule has 0 saturated carbocycles. The van der Waals surface area contributed by atoms with E-state index in [1.807, 2.05) is 25.9 Å². The third kappa shape index (κ3) is 4.98. The molecule has 6 heteroatoms. The number of amides is 1. The maximum Gasteiger partial charge on any atom is 0.254 e. The van der Waals surface area contributed by atoms with Gasteiger partial charge in [-0.05, 0) is 46.1 Å². The number of hydrogen-bond donors (Lipinski definition) is 1. The molecule has 0 radical (unpaired) electrons. The van der Waals surface area contributed by atoms with Gasteiger partial charge in [0.1, 0.15) is 11.0 Å². The summed E-state index contributed by atoms with van der Waals surface area (Å²) in [5.41, 5.74) is 0.570. The maximum atomic E-state index is 12.5. The van der Waals surface area contributed by atoms with Gasteiger partial charge in [0.2, 0.25) is 0 Å². The highest BCUT2D eigenvalue weighted by Gasteiger charge is 2.15. The quantitative estimate of drug-likeness (QED) is 0.784. The smallest absolute Gasteiger partial charge is 0.254 e. The first-order valence-corrected chi connectivity index (χ1v) is 7.15. The van der Waals surface area contributed by atoms with Crippen molar-refractivity contribution >= 4 is 23.3 Å². The molecule has 1 rings (SSSR count). The molecule has 20 heavy (non-hydrogen) atoms. The van der Waals surface area contributed by atoms with Gasteiger partial charge in [0.25, 0.3) is 5.91 Å². The Morgan fingerprint density at radius 2 is 2.05 bits per heavy atom. The molecule has 1 amide bonds. The first kappa shape index (κ1) is 16.7. The number of hydrogen-bond acceptors (Lipinski definition) is 4. The van der Waals surface area contributed by atoms with E-state index in [9.17, 15) is 4.79 Å². The van der Waals surface area contributed by atoms with E-state index in [0.717, 1.165) is 19.5 Å². The lowest BCUT2D eigenvalue weighted by Gasteiger charge is -2.22. The first-order valence-electron chi connectivity index (χ1n) is 6.77. The summed E-state index contributed by atoms with van der Waals surface area (Å²) < 4.78 is 0. The number of carbonyl (C=O) groups is 1. The molecule has 0 atom stereocenters. The summed E-state index contributed by atoms with van der Waals surface area (Å²) in [5.74, 6) is 0.595. The SMILES string of the molecule is CCN(CCCN(C)C)C(=O)c1cc(Cl)nc(NC)c1. The van der Waals surface area contributed by atoms with Crippen LogP contribution in [0.3, 0.4) is 0 Å². The van der Waals surface area contributed by atoms with Crippen LogP contribution in [0.25, 0.3) is 0 Å². The lowest BCUT2D eigenvalue weighted by Crippen LogP contribution is -2.33. The molecule has 0 aliphatic heterocycles. The molecule has 1 N–H and O–H groups in total. The molecule has 112 valence electrons. The van der Waals surface area contributed by atoms with Gasteiger partial charge in [-0.25, -0.2) is 4.98 Å². The van der Waals surface area contributed by atoms with Crippen molar-refractivity contribution in [1.82, 2.24) is 14.8 Å². The number of nitrogens with one attached hydrogen (secondary N) is 1. The van der Waals surface area contributed by atoms with Crippen molar-refractivity contribution in [3.8, 4) is 0 Å². The highest BCUT2D eigenvalue weighted by molar-refractivity contribution is 6.29. The van der Waals surface area contributed by atoms with E-state index in [1.165, 1.54) is 0 Å². The molecule has 0 bridgehead atoms. The molecular weight excluding hydrogens is 276 g/mol. The number of halogens is 1. The standard InChI is InChI=1S/C14H23ClN4O/c1-5-19(8-6-7-18(3)4)14(20)11-9-12(15)17-13(10-11)16-2/h9-10H,5-8H2,1-4H3,(H,16,17). The molecule has 0 unspecified atom stereocenters. The Hall–Kier alpha value is -1.33. The average Bonchev–Trinajstić information content (AvgIpc) is 2.41. The molecule has 0 aliphatic rings. The summed E-state index contributed by atoms with van der Waals surface area (Å²) in [4.78, 5) is 20.5. The number of carbonyl (C=O) groups excluding carboxylic acids is 1. The highest BCUT2D eigenvalue weighted by atomic mass is 35.5. The molecule has 0 aromatic carbocycles. The zero-order valence-corrected chi connectivity index (χ0v) is 13.4. The predicted molar refractivity (Wildman–Crippen MR) is 83.5 cm³/mol. The molecule has 5 nitrogen and oxygen atoms in total. The van der Waals surface area contributed by atoms with Gasteiger partial charge in [0, 0.05) is 25.7 Å². The van der Waals surface area contributed by atoms with E-state index in [4.69, 9.17) is 11.6 Å². The van der Waals surface area contributed by atoms with Crippen molar-refractivity contribution in [2.75, 3.05) is 46.1 Å². The van der Waals surface area contributed by atoms with E-state index < -0.39 is 0 Å². The van der Waals surface area contributed by atoms with E-state index in [0.29, 0.717) is 23.1 Å². The zero-order chi connectivity index (χ0) is 15.1. The van der Waals surface area contributed by atoms with Crippen LogP contribution >= 0.6 is 11.6 Å². The van der Waals surface area contributed by atoms with Crippen molar-refractivity contribution in [3.63, 3.8) is 0 Å². The first-order chi connectivity index (χ1) is 9.47. The summed E-state index contributed by atoms with van der Waals surface area (Å²) in [6.45, 7) is 4.36. The molecule has 0 aliphatic carbocycles. The summed E-state index contributed by atoms with van der Waals surface area (Å²) in [7, 11) is 5.81. The van der Waals surface area contributed by atoms with Crippen LogP contribution in [-0.4, -0.2) is 61.5 Å². The Morgan fingerprint density at radius 3 is 2.60 bits per heavy atom. The monoisotopic (exact) mass is 298 g/mol. The summed E-state index contributed by atoms with van der Waals surface area (Å²) >= 11 is 5.94. The second-order valence-corrected chi connectivity index (χ2v) is 5.24. The lowest BCUT2D eigenvalue weighted by molar-refractivity contribution is 0.0759. The molecule has 0 fully saturated rings. The third-order valence-corrected chi connectivity index (χ3v) is 3.19. The van der Waals surface area contributed by atoms with Crippen molar-refractivity contribution in [2.24, 2.45) is 0 Å². The largest absolute Gasteiger partial charge is 0.373 e. The lowest BCUT2D eigenvalue weighted by atomic mass is 10.2. The fourth-order valence-corrected chi connectivity index (χ4v) is 2.12. The van der Waals surface area contributed by atoms with Gasteiger partial charge in [-0.3, -0.25) is 4.79 Å². The van der Waals surface area contributed by atoms with Gasteiger partial charge in [-0.2, -0.15) is 0 Å². The molecule has 1 aromatic rings. The van der Waals surface area contributed by atoms with Crippen molar-refractivity contribution in [2.45, 2.75) is 13.3 Å². The Kier molecular flexibility index (Phi) is 6.75. The second kappa shape index (κ2) is 8.07. The van der Waals surface area contributed by atoms with Crippen LogP contribution in [0.15, 0.2) is 12.1 Å². The van der Waals surface area contributed by atoms with Crippen molar-refractivity contribution in [3.05, 3.63) is 22.8 Å². The van der Waals surface area contributed by atoms with Crippen molar-refractivity contribution < 1.29 is 4.79 Å². The second-order valence-electron chi connectivity index (χ2n) is 4.86. The van der Waals surface area contributed by atoms with Crippen LogP contribution in [0.4, 0.5) is 5.82 Å². The number of pyridine rings is 1. The molecule has 1 heterocycles. The Balaban J connectivity index is 2.77. The van der Waals surface area contributed by atoms with Crippen molar-refractivity contribution in [1.29, 1.82) is 0 Å². The minimum Gasteiger partial charge on any atom is -0.373 e. The van der Waals surface area contributed by atoms with E-state index in [-0.39, 0.29) is 5.91 Å². The fraction of sp³-hybridized carbons (Fsp3) is 0.571. The van der Waals surface area contributed by atoms with Crippen LogP contribution in [0.1, 0.15) is 23.7 Å². The minimum absolute atomic E-state index is 0.00736. The van der Waals surface area contributed by atoms with Gasteiger partial charge in [-0.1, -0.05) is 11.6 Å². The average molecular weight is 299 g/mol. The normalized spacial score (nSPS) is 10.7. The predicted octanol–water partition coefficient (Wildman–Crippen LogP) is 2.19. The highest BCUT2D eigenvalue weighted by Crippen LogP contribution is 2.16. The Bertz CT molecular complexity index is 451. The van der Waals surface area contributed by atoms with Gasteiger partial charge in [0.15, 0.2) is 0 Å². The number of rotatable bonds is 7. The van der Waals surface area contributed by atoms with Crippen LogP contribution in [-0.2, 0) is 0 Å². The van der Waals surface area contributed by atoms with Crippen LogP contribution in [0.5, 0.6) is 0 Å². The maximum absolute atomic E-state index is 12.5. The molecule has 0 saturated heterocycles. The summed E-state index contributed by atoms with van der Waals surface area (Å²) in [6, 6.07) is 3.34. The number of nitrogens with zero attached hydrogens (tertiary/aromatic N) is 3. The van der Waals surface area contributed by atoms with E-state index >= 15 is 0 Å². The zero-order valence-electron chi connectivity index (χ0n) is 12.6. The van der Waals surface area contributed by atoms with Gasteiger partial charge in [-0.15, -0.1) is 0 Å². The molecular formula is C14H23ClN4O. The van der Waals surface area contributed by atoms with E-state index in [2.05, 4.69) is 15.2 Å². The van der Waals surface area contributed by atoms with Gasteiger partial charge >= 0.3 is 0 Å². The van der Waals surface area contributed by atoms with Gasteiger partial charge in [0.05, 0.1) is 0 Å². The van der Waals surface area contributed by atoms with E-state index in [1.54, 1.807) is 19.2 Å². The number of aromatic nitrogens is 1. The minimum atomic E-state index is -0.00736. The van der Waals surface area contributed by atoms with Gasteiger partial charge < -0.3 is 15.1 Å². The number of anilines is 1. The Morgan fingerprint density at radius 1 is 1.35 bits per heavy atom. The summed E-state index contributed by atoms with van der Waals surface area (Å²) in [5, 5.41) is 3.23. The molecule has 0 spiro atoms. The third-order valence-electron chi connectivity index (χ3n) is 3.00. The van der Waals surface area contributed by atoms with Crippen LogP contribution < -0.4 is 5.32 Å². The topological polar surface area (TPSA) is 48.5 Å². The Labute approximate surface area is 125 Å². The fourth-order valence-electron chi connectivity index (χ4n) is 1.91. The molecule has 1 aromatic heterocycles.